The first-order valence-corrected chi connectivity index (χ1v) is 15.8. The molecule has 11 heteroatoms. The first kappa shape index (κ1) is 32.1. The molecule has 0 aliphatic carbocycles. The van der Waals surface area contributed by atoms with Crippen molar-refractivity contribution >= 4 is 57.7 Å². The first-order chi connectivity index (χ1) is 20.4. The third-order valence-corrected chi connectivity index (χ3v) is 8.81. The lowest BCUT2D eigenvalue weighted by atomic mass is 10.0. The lowest BCUT2D eigenvalue weighted by molar-refractivity contribution is -0.115. The number of anilines is 2. The van der Waals surface area contributed by atoms with Crippen molar-refractivity contribution in [2.75, 3.05) is 23.8 Å². The summed E-state index contributed by atoms with van der Waals surface area (Å²) in [4.78, 5) is 55.0. The van der Waals surface area contributed by atoms with Crippen LogP contribution in [0.4, 0.5) is 15.5 Å². The summed E-state index contributed by atoms with van der Waals surface area (Å²) in [7, 11) is 0. The number of thiophene rings is 1. The molecular weight excluding hydrogens is 587 g/mol. The molecule has 1 aromatic heterocycles. The van der Waals surface area contributed by atoms with Gasteiger partial charge in [-0.3, -0.25) is 9.59 Å². The summed E-state index contributed by atoms with van der Waals surface area (Å²) in [6.45, 7) is 11.7. The maximum atomic E-state index is 13.3. The van der Waals surface area contributed by atoms with E-state index < -0.39 is 22.9 Å². The number of ether oxygens (including phenoxy) is 2. The molecule has 4 rings (SSSR count). The molecule has 0 bridgehead atoms. The van der Waals surface area contributed by atoms with Crippen LogP contribution in [0.5, 0.6) is 0 Å². The fourth-order valence-electron chi connectivity index (χ4n) is 4.54. The third kappa shape index (κ3) is 8.17. The van der Waals surface area contributed by atoms with E-state index in [1.165, 1.54) is 23.1 Å². The molecule has 1 atom stereocenters. The van der Waals surface area contributed by atoms with Gasteiger partial charge in [-0.05, 0) is 83.4 Å². The van der Waals surface area contributed by atoms with Gasteiger partial charge in [-0.15, -0.1) is 23.1 Å². The molecule has 2 aromatic carbocycles. The molecule has 3 aromatic rings. The van der Waals surface area contributed by atoms with E-state index in [1.807, 2.05) is 64.1 Å². The van der Waals surface area contributed by atoms with E-state index in [1.54, 1.807) is 30.9 Å². The van der Waals surface area contributed by atoms with Crippen molar-refractivity contribution < 1.29 is 28.7 Å². The summed E-state index contributed by atoms with van der Waals surface area (Å²) < 4.78 is 10.9. The van der Waals surface area contributed by atoms with Crippen molar-refractivity contribution in [1.29, 1.82) is 0 Å². The van der Waals surface area contributed by atoms with Gasteiger partial charge in [-0.25, -0.2) is 9.59 Å². The van der Waals surface area contributed by atoms with E-state index in [9.17, 15) is 19.2 Å². The minimum Gasteiger partial charge on any atom is -0.462 e. The van der Waals surface area contributed by atoms with Crippen LogP contribution in [0.15, 0.2) is 53.4 Å². The number of nitrogens with zero attached hydrogens (tertiary/aromatic N) is 1. The molecule has 0 fully saturated rings. The molecule has 0 spiro atoms. The van der Waals surface area contributed by atoms with Crippen LogP contribution in [-0.2, 0) is 27.2 Å². The van der Waals surface area contributed by atoms with E-state index in [4.69, 9.17) is 9.47 Å². The number of carbonyl (C=O) groups excluding carboxylic acids is 4. The highest BCUT2D eigenvalue weighted by molar-refractivity contribution is 8.00. The normalized spacial score (nSPS) is 13.5. The predicted octanol–water partition coefficient (Wildman–Crippen LogP) is 6.90. The quantitative estimate of drug-likeness (QED) is 0.207. The zero-order valence-corrected chi connectivity index (χ0v) is 26.9. The number of aryl methyl sites for hydroxylation is 1. The third-order valence-electron chi connectivity index (χ3n) is 6.59. The molecule has 0 radical (unpaired) electrons. The number of rotatable bonds is 8. The molecule has 9 nitrogen and oxygen atoms in total. The summed E-state index contributed by atoms with van der Waals surface area (Å²) in [6, 6.07) is 14.7. The number of benzene rings is 2. The average Bonchev–Trinajstić information content (AvgIpc) is 3.29. The molecule has 1 aliphatic heterocycles. The second-order valence-electron chi connectivity index (χ2n) is 11.1. The largest absolute Gasteiger partial charge is 0.462 e. The Kier molecular flexibility index (Phi) is 10.2. The van der Waals surface area contributed by atoms with E-state index in [2.05, 4.69) is 10.6 Å². The molecule has 2 heterocycles. The van der Waals surface area contributed by atoms with Crippen molar-refractivity contribution in [3.05, 3.63) is 75.7 Å². The van der Waals surface area contributed by atoms with E-state index in [-0.39, 0.29) is 25.0 Å². The zero-order chi connectivity index (χ0) is 31.3. The monoisotopic (exact) mass is 623 g/mol. The Morgan fingerprint density at radius 2 is 1.81 bits per heavy atom. The Bertz CT molecular complexity index is 1530. The van der Waals surface area contributed by atoms with Gasteiger partial charge in [0.25, 0.3) is 5.91 Å². The Hall–Kier alpha value is -3.83. The molecule has 1 unspecified atom stereocenters. The summed E-state index contributed by atoms with van der Waals surface area (Å²) in [5.74, 6) is -0.990. The SMILES string of the molecule is CCOC(=O)c1c(NC(=O)C(C)Sc2cccc(NC(=O)c3ccccc3C)c2)sc2c1CCN(C(=O)OC(C)(C)C)C2. The molecule has 43 heavy (non-hydrogen) atoms. The number of esters is 1. The number of carbonyl (C=O) groups is 4. The summed E-state index contributed by atoms with van der Waals surface area (Å²) >= 11 is 2.61. The Labute approximate surface area is 260 Å². The van der Waals surface area contributed by atoms with Crippen LogP contribution in [0.25, 0.3) is 0 Å². The lowest BCUT2D eigenvalue weighted by Crippen LogP contribution is -2.39. The lowest BCUT2D eigenvalue weighted by Gasteiger charge is -2.30. The van der Waals surface area contributed by atoms with Crippen LogP contribution in [-0.4, -0.2) is 52.8 Å². The van der Waals surface area contributed by atoms with Crippen molar-refractivity contribution in [3.63, 3.8) is 0 Å². The van der Waals surface area contributed by atoms with Gasteiger partial charge in [-0.2, -0.15) is 0 Å². The molecule has 0 saturated carbocycles. The molecular formula is C32H37N3O6S2. The molecule has 1 aliphatic rings. The molecule has 3 amide bonds. The number of thioether (sulfide) groups is 1. The Balaban J connectivity index is 1.47. The number of nitrogens with one attached hydrogen (secondary N) is 2. The number of hydrogen-bond acceptors (Lipinski definition) is 8. The van der Waals surface area contributed by atoms with Gasteiger partial charge in [0, 0.05) is 27.6 Å². The van der Waals surface area contributed by atoms with Gasteiger partial charge in [0.15, 0.2) is 0 Å². The van der Waals surface area contributed by atoms with Gasteiger partial charge in [0.2, 0.25) is 5.91 Å². The first-order valence-electron chi connectivity index (χ1n) is 14.1. The standard InChI is InChI=1S/C32H37N3O6S2/c1-7-40-30(38)26-24-15-16-35(31(39)41-32(4,5)6)18-25(24)43-29(26)34-27(36)20(3)42-22-13-10-12-21(17-22)33-28(37)23-14-9-8-11-19(23)2/h8-14,17,20H,7,15-16,18H2,1-6H3,(H,33,37)(H,34,36). The van der Waals surface area contributed by atoms with E-state index >= 15 is 0 Å². The minimum atomic E-state index is -0.623. The van der Waals surface area contributed by atoms with Crippen LogP contribution < -0.4 is 10.6 Å². The molecule has 228 valence electrons. The summed E-state index contributed by atoms with van der Waals surface area (Å²) in [6.07, 6.45) is 0.0256. The topological polar surface area (TPSA) is 114 Å². The highest BCUT2D eigenvalue weighted by Crippen LogP contribution is 2.39. The molecule has 0 saturated heterocycles. The van der Waals surface area contributed by atoms with Crippen LogP contribution in [0.3, 0.4) is 0 Å². The second-order valence-corrected chi connectivity index (χ2v) is 13.6. The fourth-order valence-corrected chi connectivity index (χ4v) is 6.72. The Morgan fingerprint density at radius 3 is 2.51 bits per heavy atom. The summed E-state index contributed by atoms with van der Waals surface area (Å²) in [5, 5.41) is 5.75. The van der Waals surface area contributed by atoms with Crippen molar-refractivity contribution in [2.45, 2.75) is 70.3 Å². The zero-order valence-electron chi connectivity index (χ0n) is 25.2. The number of amides is 3. The number of fused-ring (bicyclic) bond motifs is 1. The van der Waals surface area contributed by atoms with E-state index in [0.29, 0.717) is 34.8 Å². The van der Waals surface area contributed by atoms with Crippen LogP contribution >= 0.6 is 23.1 Å². The summed E-state index contributed by atoms with van der Waals surface area (Å²) in [5.41, 5.74) is 2.61. The minimum absolute atomic E-state index is 0.198. The van der Waals surface area contributed by atoms with Crippen molar-refractivity contribution in [2.24, 2.45) is 0 Å². The predicted molar refractivity (Wildman–Crippen MR) is 170 cm³/mol. The number of hydrogen-bond donors (Lipinski definition) is 2. The van der Waals surface area contributed by atoms with Crippen molar-refractivity contribution in [3.8, 4) is 0 Å². The fraction of sp³-hybridized carbons (Fsp3) is 0.375. The Morgan fingerprint density at radius 1 is 1.07 bits per heavy atom. The van der Waals surface area contributed by atoms with Gasteiger partial charge < -0.3 is 25.0 Å². The maximum absolute atomic E-state index is 13.3. The van der Waals surface area contributed by atoms with Crippen LogP contribution in [0.2, 0.25) is 0 Å². The smallest absolute Gasteiger partial charge is 0.410 e. The average molecular weight is 624 g/mol. The highest BCUT2D eigenvalue weighted by atomic mass is 32.2. The van der Waals surface area contributed by atoms with Crippen molar-refractivity contribution in [1.82, 2.24) is 4.90 Å². The van der Waals surface area contributed by atoms with Gasteiger partial charge in [0.05, 0.1) is 24.0 Å². The maximum Gasteiger partial charge on any atom is 0.410 e. The highest BCUT2D eigenvalue weighted by Gasteiger charge is 2.33. The molecule has 2 N–H and O–H groups in total. The van der Waals surface area contributed by atoms with Gasteiger partial charge in [0.1, 0.15) is 10.6 Å². The second kappa shape index (κ2) is 13.6. The van der Waals surface area contributed by atoms with Crippen LogP contribution in [0.1, 0.15) is 71.3 Å². The van der Waals surface area contributed by atoms with Gasteiger partial charge >= 0.3 is 12.1 Å². The van der Waals surface area contributed by atoms with E-state index in [0.717, 1.165) is 20.9 Å². The van der Waals surface area contributed by atoms with Gasteiger partial charge in [-0.1, -0.05) is 24.3 Å². The van der Waals surface area contributed by atoms with Crippen LogP contribution in [0, 0.1) is 6.92 Å².